The maximum Gasteiger partial charge on any atom is 0.311 e. The Hall–Kier alpha value is -2.41. The van der Waals surface area contributed by atoms with Gasteiger partial charge in [-0.2, -0.15) is 5.10 Å². The molecule has 0 saturated heterocycles. The fourth-order valence-electron chi connectivity index (χ4n) is 2.01. The molecular weight excluding hydrogens is 338 g/mol. The van der Waals surface area contributed by atoms with E-state index in [1.807, 2.05) is 24.3 Å². The zero-order chi connectivity index (χ0) is 17.9. The van der Waals surface area contributed by atoms with E-state index in [0.717, 1.165) is 24.3 Å². The molecule has 0 aliphatic rings. The summed E-state index contributed by atoms with van der Waals surface area (Å²) in [5.74, 6) is 0.561. The molecule has 1 aromatic heterocycles. The molecule has 25 heavy (non-hydrogen) atoms. The van der Waals surface area contributed by atoms with Gasteiger partial charge in [-0.15, -0.1) is 11.3 Å². The standard InChI is InChI=1S/C18H23N3O3S/c1-3-4-5-10-24-16-8-6-14(7-9-16)12-19-21-18-20-15(13-25-18)11-17(22)23-2/h6-9,12-13H,3-5,10-11H2,1-2H3,(H,20,21)/b19-12-. The van der Waals surface area contributed by atoms with Crippen LogP contribution in [0.1, 0.15) is 37.4 Å². The van der Waals surface area contributed by atoms with Gasteiger partial charge >= 0.3 is 5.97 Å². The number of methoxy groups -OCH3 is 1. The highest BCUT2D eigenvalue weighted by atomic mass is 32.1. The molecule has 0 aliphatic heterocycles. The van der Waals surface area contributed by atoms with Crippen LogP contribution in [0.5, 0.6) is 5.75 Å². The lowest BCUT2D eigenvalue weighted by Gasteiger charge is -2.05. The van der Waals surface area contributed by atoms with E-state index in [1.54, 1.807) is 11.6 Å². The van der Waals surface area contributed by atoms with Gasteiger partial charge in [0.25, 0.3) is 0 Å². The van der Waals surface area contributed by atoms with Gasteiger partial charge in [0.1, 0.15) is 5.75 Å². The zero-order valence-corrected chi connectivity index (χ0v) is 15.3. The van der Waals surface area contributed by atoms with Gasteiger partial charge in [-0.25, -0.2) is 4.98 Å². The van der Waals surface area contributed by atoms with E-state index in [1.165, 1.54) is 31.3 Å². The molecule has 0 saturated carbocycles. The molecule has 0 aliphatic carbocycles. The number of rotatable bonds is 10. The quantitative estimate of drug-likeness (QED) is 0.301. The number of hydrogen-bond donors (Lipinski definition) is 1. The second-order valence-electron chi connectivity index (χ2n) is 5.39. The average Bonchev–Trinajstić information content (AvgIpc) is 3.07. The predicted octanol–water partition coefficient (Wildman–Crippen LogP) is 3.87. The molecule has 0 atom stereocenters. The summed E-state index contributed by atoms with van der Waals surface area (Å²) in [6.45, 7) is 2.93. The van der Waals surface area contributed by atoms with E-state index in [0.29, 0.717) is 10.8 Å². The molecule has 0 bridgehead atoms. The average molecular weight is 361 g/mol. The minimum atomic E-state index is -0.308. The van der Waals surface area contributed by atoms with Crippen molar-refractivity contribution in [2.45, 2.75) is 32.6 Å². The number of benzene rings is 1. The monoisotopic (exact) mass is 361 g/mol. The van der Waals surface area contributed by atoms with E-state index < -0.39 is 0 Å². The molecule has 2 rings (SSSR count). The smallest absolute Gasteiger partial charge is 0.311 e. The number of anilines is 1. The normalized spacial score (nSPS) is 10.8. The largest absolute Gasteiger partial charge is 0.494 e. The number of carbonyl (C=O) groups is 1. The van der Waals surface area contributed by atoms with Crippen molar-refractivity contribution in [3.8, 4) is 5.75 Å². The molecule has 0 fully saturated rings. The van der Waals surface area contributed by atoms with Crippen LogP contribution in [-0.2, 0) is 16.0 Å². The van der Waals surface area contributed by atoms with Gasteiger partial charge in [0, 0.05) is 5.38 Å². The Morgan fingerprint density at radius 1 is 1.32 bits per heavy atom. The number of unbranched alkanes of at least 4 members (excludes halogenated alkanes) is 2. The molecule has 7 heteroatoms. The minimum Gasteiger partial charge on any atom is -0.494 e. The molecule has 0 unspecified atom stereocenters. The number of nitrogens with one attached hydrogen (secondary N) is 1. The molecule has 0 radical (unpaired) electrons. The van der Waals surface area contributed by atoms with Crippen molar-refractivity contribution in [1.82, 2.24) is 4.98 Å². The molecule has 134 valence electrons. The molecular formula is C18H23N3O3S. The van der Waals surface area contributed by atoms with E-state index in [9.17, 15) is 4.79 Å². The predicted molar refractivity (Wildman–Crippen MR) is 101 cm³/mol. The van der Waals surface area contributed by atoms with E-state index in [-0.39, 0.29) is 12.4 Å². The minimum absolute atomic E-state index is 0.165. The summed E-state index contributed by atoms with van der Waals surface area (Å²) in [5, 5.41) is 6.59. The van der Waals surface area contributed by atoms with Crippen molar-refractivity contribution in [2.75, 3.05) is 19.1 Å². The van der Waals surface area contributed by atoms with Crippen molar-refractivity contribution in [3.05, 3.63) is 40.9 Å². The van der Waals surface area contributed by atoms with Gasteiger partial charge in [0.2, 0.25) is 5.13 Å². The first-order valence-electron chi connectivity index (χ1n) is 8.24. The van der Waals surface area contributed by atoms with Crippen LogP contribution < -0.4 is 10.2 Å². The first kappa shape index (κ1) is 18.9. The number of thiazole rings is 1. The van der Waals surface area contributed by atoms with Crippen molar-refractivity contribution in [2.24, 2.45) is 5.10 Å². The Labute approximate surface area is 151 Å². The Morgan fingerprint density at radius 3 is 2.84 bits per heavy atom. The van der Waals surface area contributed by atoms with Crippen LogP contribution in [0.4, 0.5) is 5.13 Å². The van der Waals surface area contributed by atoms with Crippen LogP contribution in [0.25, 0.3) is 0 Å². The van der Waals surface area contributed by atoms with Crippen molar-refractivity contribution in [1.29, 1.82) is 0 Å². The molecule has 6 nitrogen and oxygen atoms in total. The van der Waals surface area contributed by atoms with E-state index in [4.69, 9.17) is 4.74 Å². The Bertz CT molecular complexity index is 683. The maximum atomic E-state index is 11.2. The summed E-state index contributed by atoms with van der Waals surface area (Å²) in [5.41, 5.74) is 4.49. The number of nitrogens with zero attached hydrogens (tertiary/aromatic N) is 2. The molecule has 0 amide bonds. The summed E-state index contributed by atoms with van der Waals surface area (Å²) in [7, 11) is 1.36. The Morgan fingerprint density at radius 2 is 2.12 bits per heavy atom. The van der Waals surface area contributed by atoms with Gasteiger partial charge < -0.3 is 9.47 Å². The van der Waals surface area contributed by atoms with E-state index >= 15 is 0 Å². The lowest BCUT2D eigenvalue weighted by molar-refractivity contribution is -0.139. The summed E-state index contributed by atoms with van der Waals surface area (Å²) < 4.78 is 10.3. The number of carbonyl (C=O) groups excluding carboxylic acids is 1. The van der Waals surface area contributed by atoms with E-state index in [2.05, 4.69) is 27.2 Å². The molecule has 1 heterocycles. The number of hydrogen-bond acceptors (Lipinski definition) is 7. The third-order valence-corrected chi connectivity index (χ3v) is 4.17. The maximum absolute atomic E-state index is 11.2. The van der Waals surface area contributed by atoms with Crippen LogP contribution in [0.15, 0.2) is 34.7 Å². The number of aromatic nitrogens is 1. The molecule has 1 aromatic carbocycles. The summed E-state index contributed by atoms with van der Waals surface area (Å²) in [6.07, 6.45) is 5.33. The van der Waals surface area contributed by atoms with Gasteiger partial charge in [-0.05, 0) is 36.2 Å². The fourth-order valence-corrected chi connectivity index (χ4v) is 2.67. The SMILES string of the molecule is CCCCCOc1ccc(/C=N\Nc2nc(CC(=O)OC)cs2)cc1. The van der Waals surface area contributed by atoms with Crippen LogP contribution in [0.2, 0.25) is 0 Å². The van der Waals surface area contributed by atoms with Crippen LogP contribution >= 0.6 is 11.3 Å². The van der Waals surface area contributed by atoms with Crippen LogP contribution in [0, 0.1) is 0 Å². The lowest BCUT2D eigenvalue weighted by atomic mass is 10.2. The molecule has 1 N–H and O–H groups in total. The third kappa shape index (κ3) is 6.93. The lowest BCUT2D eigenvalue weighted by Crippen LogP contribution is -2.04. The van der Waals surface area contributed by atoms with Crippen molar-refractivity contribution < 1.29 is 14.3 Å². The summed E-state index contributed by atoms with van der Waals surface area (Å²) in [6, 6.07) is 7.77. The second-order valence-corrected chi connectivity index (χ2v) is 6.25. The Balaban J connectivity index is 1.78. The van der Waals surface area contributed by atoms with Crippen molar-refractivity contribution >= 4 is 28.7 Å². The summed E-state index contributed by atoms with van der Waals surface area (Å²) in [4.78, 5) is 15.5. The number of hydrazone groups is 1. The van der Waals surface area contributed by atoms with Gasteiger partial charge in [0.15, 0.2) is 0 Å². The van der Waals surface area contributed by atoms with Crippen LogP contribution in [0.3, 0.4) is 0 Å². The highest BCUT2D eigenvalue weighted by molar-refractivity contribution is 7.13. The van der Waals surface area contributed by atoms with Crippen molar-refractivity contribution in [3.63, 3.8) is 0 Å². The van der Waals surface area contributed by atoms with Gasteiger partial charge in [0.05, 0.1) is 32.0 Å². The molecule has 2 aromatic rings. The Kier molecular flexibility index (Phi) is 7.91. The van der Waals surface area contributed by atoms with Gasteiger partial charge in [-0.1, -0.05) is 19.8 Å². The summed E-state index contributed by atoms with van der Waals surface area (Å²) >= 11 is 1.39. The first-order valence-corrected chi connectivity index (χ1v) is 9.12. The molecule has 0 spiro atoms. The number of esters is 1. The van der Waals surface area contributed by atoms with Gasteiger partial charge in [-0.3, -0.25) is 10.2 Å². The topological polar surface area (TPSA) is 72.8 Å². The third-order valence-electron chi connectivity index (χ3n) is 3.38. The highest BCUT2D eigenvalue weighted by Crippen LogP contribution is 2.16. The first-order chi connectivity index (χ1) is 12.2. The highest BCUT2D eigenvalue weighted by Gasteiger charge is 2.06. The second kappa shape index (κ2) is 10.5. The van der Waals surface area contributed by atoms with Crippen LogP contribution in [-0.4, -0.2) is 30.9 Å². The fraction of sp³-hybridized carbons (Fsp3) is 0.389. The zero-order valence-electron chi connectivity index (χ0n) is 14.5. The number of ether oxygens (including phenoxy) is 2.